The van der Waals surface area contributed by atoms with E-state index in [1.807, 2.05) is 0 Å². The van der Waals surface area contributed by atoms with Crippen LogP contribution in [0.25, 0.3) is 0 Å². The zero-order valence-corrected chi connectivity index (χ0v) is 16.0. The van der Waals surface area contributed by atoms with Crippen molar-refractivity contribution < 1.29 is 0 Å². The first-order valence-electron chi connectivity index (χ1n) is 9.98. The molecule has 0 aliphatic carbocycles. The van der Waals surface area contributed by atoms with E-state index in [-0.39, 0.29) is 0 Å². The summed E-state index contributed by atoms with van der Waals surface area (Å²) in [7, 11) is 0. The minimum Gasteiger partial charge on any atom is -0.0654 e. The predicted molar refractivity (Wildman–Crippen MR) is 98.9 cm³/mol. The topological polar surface area (TPSA) is 0 Å². The predicted octanol–water partition coefficient (Wildman–Crippen LogP) is 8.15. The van der Waals surface area contributed by atoms with Crippen LogP contribution in [-0.4, -0.2) is 0 Å². The lowest BCUT2D eigenvalue weighted by Gasteiger charge is -2.24. The molecule has 0 rings (SSSR count). The Morgan fingerprint density at radius 1 is 0.619 bits per heavy atom. The van der Waals surface area contributed by atoms with Crippen molar-refractivity contribution in [1.29, 1.82) is 0 Å². The van der Waals surface area contributed by atoms with E-state index in [4.69, 9.17) is 0 Å². The Hall–Kier alpha value is 0. The van der Waals surface area contributed by atoms with Gasteiger partial charge in [-0.2, -0.15) is 0 Å². The molecule has 0 amide bonds. The van der Waals surface area contributed by atoms with Crippen molar-refractivity contribution in [3.8, 4) is 0 Å². The lowest BCUT2D eigenvalue weighted by atomic mass is 9.81. The largest absolute Gasteiger partial charge is 0.0654 e. The number of unbranched alkanes of at least 4 members (excludes halogenated alkanes) is 9. The van der Waals surface area contributed by atoms with Gasteiger partial charge in [-0.15, -0.1) is 0 Å². The highest BCUT2D eigenvalue weighted by Gasteiger charge is 2.16. The van der Waals surface area contributed by atoms with Gasteiger partial charge in [0.2, 0.25) is 0 Å². The minimum absolute atomic E-state index is 0.583. The summed E-state index contributed by atoms with van der Waals surface area (Å²) < 4.78 is 0. The highest BCUT2D eigenvalue weighted by molar-refractivity contribution is 4.69. The van der Waals surface area contributed by atoms with Crippen molar-refractivity contribution in [1.82, 2.24) is 0 Å². The van der Waals surface area contributed by atoms with Gasteiger partial charge in [-0.05, 0) is 24.2 Å². The van der Waals surface area contributed by atoms with Crippen LogP contribution in [0.15, 0.2) is 0 Å². The van der Waals surface area contributed by atoms with Crippen molar-refractivity contribution in [2.75, 3.05) is 0 Å². The third-order valence-corrected chi connectivity index (χ3v) is 4.84. The average molecular weight is 297 g/mol. The number of rotatable bonds is 15. The van der Waals surface area contributed by atoms with Crippen LogP contribution < -0.4 is 0 Å². The Balaban J connectivity index is 3.38. The molecule has 0 radical (unpaired) electrons. The van der Waals surface area contributed by atoms with Gasteiger partial charge in [0.05, 0.1) is 0 Å². The zero-order chi connectivity index (χ0) is 16.0. The molecule has 0 saturated carbocycles. The highest BCUT2D eigenvalue weighted by atomic mass is 14.2. The van der Waals surface area contributed by atoms with Crippen molar-refractivity contribution in [3.63, 3.8) is 0 Å². The van der Waals surface area contributed by atoms with Crippen LogP contribution in [0.4, 0.5) is 0 Å². The lowest BCUT2D eigenvalue weighted by molar-refractivity contribution is 0.281. The number of hydrogen-bond acceptors (Lipinski definition) is 0. The van der Waals surface area contributed by atoms with Crippen molar-refractivity contribution in [3.05, 3.63) is 0 Å². The Labute approximate surface area is 136 Å². The molecule has 0 fully saturated rings. The fraction of sp³-hybridized carbons (Fsp3) is 1.00. The van der Waals surface area contributed by atoms with Gasteiger partial charge in [-0.1, -0.05) is 112 Å². The van der Waals surface area contributed by atoms with Crippen LogP contribution in [0.1, 0.15) is 125 Å². The summed E-state index contributed by atoms with van der Waals surface area (Å²) in [6.45, 7) is 11.9. The highest BCUT2D eigenvalue weighted by Crippen LogP contribution is 2.30. The van der Waals surface area contributed by atoms with Gasteiger partial charge >= 0.3 is 0 Å². The van der Waals surface area contributed by atoms with Gasteiger partial charge in [0.1, 0.15) is 0 Å². The maximum absolute atomic E-state index is 2.48. The summed E-state index contributed by atoms with van der Waals surface area (Å²) in [6, 6.07) is 0. The van der Waals surface area contributed by atoms with Crippen LogP contribution >= 0.6 is 0 Å². The Kier molecular flexibility index (Phi) is 13.6. The summed E-state index contributed by atoms with van der Waals surface area (Å²) in [5.74, 6) is 0.885. The Bertz CT molecular complexity index is 202. The van der Waals surface area contributed by atoms with Gasteiger partial charge in [0, 0.05) is 0 Å². The second-order valence-electron chi connectivity index (χ2n) is 8.38. The molecule has 21 heavy (non-hydrogen) atoms. The smallest absolute Gasteiger partial charge is 0.0354 e. The van der Waals surface area contributed by atoms with E-state index in [9.17, 15) is 0 Å². The van der Waals surface area contributed by atoms with Gasteiger partial charge < -0.3 is 0 Å². The molecule has 0 atom stereocenters. The lowest BCUT2D eigenvalue weighted by Crippen LogP contribution is -2.11. The van der Waals surface area contributed by atoms with E-state index in [2.05, 4.69) is 34.6 Å². The summed E-state index contributed by atoms with van der Waals surface area (Å²) in [5.41, 5.74) is 0.583. The monoisotopic (exact) mass is 296 g/mol. The Morgan fingerprint density at radius 2 is 1.05 bits per heavy atom. The normalized spacial score (nSPS) is 12.3. The minimum atomic E-state index is 0.583. The van der Waals surface area contributed by atoms with Crippen LogP contribution in [0.2, 0.25) is 0 Å². The molecule has 0 aromatic rings. The van der Waals surface area contributed by atoms with E-state index in [0.29, 0.717) is 5.41 Å². The summed E-state index contributed by atoms with van der Waals surface area (Å²) in [5, 5.41) is 0. The second-order valence-corrected chi connectivity index (χ2v) is 8.38. The quantitative estimate of drug-likeness (QED) is 0.267. The van der Waals surface area contributed by atoms with E-state index < -0.39 is 0 Å². The third-order valence-electron chi connectivity index (χ3n) is 4.84. The van der Waals surface area contributed by atoms with Crippen LogP contribution in [0.5, 0.6) is 0 Å². The van der Waals surface area contributed by atoms with Gasteiger partial charge in [-0.3, -0.25) is 0 Å². The fourth-order valence-corrected chi connectivity index (χ4v) is 3.20. The molecule has 0 saturated heterocycles. The van der Waals surface area contributed by atoms with E-state index in [0.717, 1.165) is 5.92 Å². The molecule has 128 valence electrons. The fourth-order valence-electron chi connectivity index (χ4n) is 3.20. The Morgan fingerprint density at radius 3 is 1.52 bits per heavy atom. The summed E-state index contributed by atoms with van der Waals surface area (Å²) in [6.07, 6.45) is 20.2. The van der Waals surface area contributed by atoms with Crippen LogP contribution in [0, 0.1) is 11.3 Å². The molecule has 0 unspecified atom stereocenters. The van der Waals surface area contributed by atoms with Gasteiger partial charge in [-0.25, -0.2) is 0 Å². The van der Waals surface area contributed by atoms with Crippen molar-refractivity contribution in [2.24, 2.45) is 11.3 Å². The van der Waals surface area contributed by atoms with E-state index in [1.54, 1.807) is 0 Å². The first kappa shape index (κ1) is 21.0. The molecule has 0 bridgehead atoms. The molecule has 0 nitrogen and oxygen atoms in total. The van der Waals surface area contributed by atoms with Crippen molar-refractivity contribution in [2.45, 2.75) is 125 Å². The molecule has 0 aromatic heterocycles. The first-order chi connectivity index (χ1) is 9.98. The molecule has 0 heteroatoms. The van der Waals surface area contributed by atoms with Crippen LogP contribution in [-0.2, 0) is 0 Å². The SMILES string of the molecule is CCCCCCCCCCC(C)(C)CCCCCC(C)C. The summed E-state index contributed by atoms with van der Waals surface area (Å²) >= 11 is 0. The van der Waals surface area contributed by atoms with E-state index >= 15 is 0 Å². The van der Waals surface area contributed by atoms with Crippen LogP contribution in [0.3, 0.4) is 0 Å². The molecule has 0 aliphatic heterocycles. The van der Waals surface area contributed by atoms with E-state index in [1.165, 1.54) is 89.9 Å². The maximum Gasteiger partial charge on any atom is -0.0354 e. The molecule has 0 aliphatic rings. The molecular formula is C21H44. The molecular weight excluding hydrogens is 252 g/mol. The first-order valence-corrected chi connectivity index (χ1v) is 9.98. The van der Waals surface area contributed by atoms with Crippen molar-refractivity contribution >= 4 is 0 Å². The average Bonchev–Trinajstić information content (AvgIpc) is 2.41. The number of hydrogen-bond donors (Lipinski definition) is 0. The third kappa shape index (κ3) is 16.2. The van der Waals surface area contributed by atoms with Gasteiger partial charge in [0.15, 0.2) is 0 Å². The zero-order valence-electron chi connectivity index (χ0n) is 16.0. The molecule has 0 heterocycles. The van der Waals surface area contributed by atoms with Gasteiger partial charge in [0.25, 0.3) is 0 Å². The molecule has 0 aromatic carbocycles. The maximum atomic E-state index is 2.48. The molecule has 0 spiro atoms. The summed E-state index contributed by atoms with van der Waals surface area (Å²) in [4.78, 5) is 0. The standard InChI is InChI=1S/C21H44/c1-6-7-8-9-10-11-12-15-18-21(4,5)19-16-13-14-17-20(2)3/h20H,6-19H2,1-5H3. The molecule has 0 N–H and O–H groups in total. The second kappa shape index (κ2) is 13.6.